The van der Waals surface area contributed by atoms with E-state index in [1.165, 1.54) is 0 Å². The average Bonchev–Trinajstić information content (AvgIpc) is 3.80. The Labute approximate surface area is 358 Å². The molecule has 0 spiro atoms. The molecule has 4 aromatic carbocycles. The zero-order chi connectivity index (χ0) is 43.0. The molecule has 2 unspecified atom stereocenters. The first-order valence-corrected chi connectivity index (χ1v) is 21.8. The van der Waals surface area contributed by atoms with Crippen LogP contribution in [-0.2, 0) is 67.6 Å². The van der Waals surface area contributed by atoms with Gasteiger partial charge in [-0.2, -0.15) is 8.42 Å². The summed E-state index contributed by atoms with van der Waals surface area (Å²) in [6.07, 6.45) is -5.00. The van der Waals surface area contributed by atoms with Crippen LogP contribution in [0, 0.1) is 11.8 Å². The topological polar surface area (TPSA) is 156 Å². The number of methoxy groups -OCH3 is 3. The lowest BCUT2D eigenvalue weighted by molar-refractivity contribution is -0.306. The Morgan fingerprint density at radius 1 is 0.705 bits per heavy atom. The van der Waals surface area contributed by atoms with Crippen molar-refractivity contribution in [3.05, 3.63) is 125 Å². The van der Waals surface area contributed by atoms with E-state index in [0.29, 0.717) is 25.2 Å². The third kappa shape index (κ3) is 12.1. The van der Waals surface area contributed by atoms with E-state index in [9.17, 15) is 13.0 Å². The van der Waals surface area contributed by atoms with Crippen LogP contribution in [0.5, 0.6) is 17.2 Å². The van der Waals surface area contributed by atoms with Crippen molar-refractivity contribution in [2.45, 2.75) is 95.2 Å². The van der Waals surface area contributed by atoms with Crippen LogP contribution in [0.1, 0.15) is 55.2 Å². The number of rotatable bonds is 19. The Bertz CT molecular complexity index is 2060. The fourth-order valence-electron chi connectivity index (χ4n) is 8.31. The van der Waals surface area contributed by atoms with Crippen molar-refractivity contribution >= 4 is 10.4 Å². The van der Waals surface area contributed by atoms with Gasteiger partial charge in [-0.3, -0.25) is 4.55 Å². The van der Waals surface area contributed by atoms with Gasteiger partial charge in [-0.15, -0.1) is 0 Å². The lowest BCUT2D eigenvalue weighted by atomic mass is 9.86. The van der Waals surface area contributed by atoms with E-state index in [0.717, 1.165) is 33.9 Å². The smallest absolute Gasteiger partial charge is 0.397 e. The summed E-state index contributed by atoms with van der Waals surface area (Å²) in [7, 11) is -0.123. The van der Waals surface area contributed by atoms with Crippen LogP contribution < -0.4 is 14.2 Å². The maximum atomic E-state index is 12.6. The fraction of sp³-hybridized carbons (Fsp3) is 0.478. The Hall–Kier alpha value is -4.13. The first-order chi connectivity index (χ1) is 29.4. The molecular weight excluding hydrogens is 809 g/mol. The molecule has 2 saturated heterocycles. The molecule has 3 fully saturated rings. The van der Waals surface area contributed by atoms with Gasteiger partial charge in [-0.1, -0.05) is 66.7 Å². The molecule has 7 rings (SSSR count). The molecule has 4 aromatic rings. The molecule has 1 N–H and O–H groups in total. The first kappa shape index (κ1) is 44.9. The van der Waals surface area contributed by atoms with E-state index in [1.54, 1.807) is 35.2 Å². The fourth-order valence-corrected chi connectivity index (χ4v) is 8.82. The molecule has 0 radical (unpaired) electrons. The largest absolute Gasteiger partial charge is 0.497 e. The minimum atomic E-state index is -4.99. The van der Waals surface area contributed by atoms with Gasteiger partial charge in [0.1, 0.15) is 35.6 Å². The van der Waals surface area contributed by atoms with Gasteiger partial charge in [0, 0.05) is 11.5 Å². The Morgan fingerprint density at radius 2 is 1.26 bits per heavy atom. The number of benzene rings is 4. The van der Waals surface area contributed by atoms with E-state index in [1.807, 2.05) is 103 Å². The first-order valence-electron chi connectivity index (χ1n) is 20.4. The normalized spacial score (nSPS) is 27.5. The zero-order valence-corrected chi connectivity index (χ0v) is 35.9. The molecule has 14 nitrogen and oxygen atoms in total. The standard InChI is InChI=1S/C46H56O14S/c1-46(2)56-29-41(59-46)43-44(60-61(47,48)49)40(57-45(58-43)33-9-7-6-8-10-33)24-34-23-39(54-26-31-13-19-36(51-4)20-14-31)42(55-27-32-15-21-37(52-5)22-16-32)38(34)28-53-25-30-11-17-35(50-3)18-12-30/h6-22,34,38-45H,23-29H2,1-5H3,(H,47,48,49)/t34?,38-,39+,40-,41+,42+,43+,44+,45?/m0/s1. The second-order valence-electron chi connectivity index (χ2n) is 16.0. The second-order valence-corrected chi connectivity index (χ2v) is 17.0. The summed E-state index contributed by atoms with van der Waals surface area (Å²) in [4.78, 5) is 0. The van der Waals surface area contributed by atoms with Crippen molar-refractivity contribution in [1.82, 2.24) is 0 Å². The van der Waals surface area contributed by atoms with Crippen molar-refractivity contribution in [2.24, 2.45) is 11.8 Å². The van der Waals surface area contributed by atoms with Gasteiger partial charge in [0.05, 0.1) is 72.7 Å². The number of ether oxygens (including phenoxy) is 10. The Balaban J connectivity index is 1.21. The van der Waals surface area contributed by atoms with Gasteiger partial charge in [0.2, 0.25) is 0 Å². The molecule has 0 aromatic heterocycles. The molecule has 330 valence electrons. The SMILES string of the molecule is COc1ccc(COC[C@H]2C(C[C@@H]3OC(c4ccccc4)O[C@H]([C@H]4COC(C)(C)O4)[C@@H]3OS(=O)(=O)O)C[C@@H](OCc3ccc(OC)cc3)[C@@H]2OCc2ccc(OC)cc2)cc1. The summed E-state index contributed by atoms with van der Waals surface area (Å²) >= 11 is 0. The van der Waals surface area contributed by atoms with E-state index < -0.39 is 59.1 Å². The molecular formula is C46H56O14S. The molecule has 2 aliphatic heterocycles. The number of hydrogen-bond acceptors (Lipinski definition) is 13. The third-order valence-corrected chi connectivity index (χ3v) is 11.9. The summed E-state index contributed by atoms with van der Waals surface area (Å²) in [6, 6.07) is 32.4. The van der Waals surface area contributed by atoms with Crippen LogP contribution in [0.15, 0.2) is 103 Å². The molecule has 1 saturated carbocycles. The van der Waals surface area contributed by atoms with E-state index in [4.69, 9.17) is 51.6 Å². The van der Waals surface area contributed by atoms with Gasteiger partial charge in [0.25, 0.3) is 0 Å². The van der Waals surface area contributed by atoms with Crippen molar-refractivity contribution in [3.8, 4) is 17.2 Å². The van der Waals surface area contributed by atoms with Gasteiger partial charge >= 0.3 is 10.4 Å². The highest BCUT2D eigenvalue weighted by Crippen LogP contribution is 2.45. The van der Waals surface area contributed by atoms with Gasteiger partial charge in [-0.25, -0.2) is 4.18 Å². The monoisotopic (exact) mass is 864 g/mol. The lowest BCUT2D eigenvalue weighted by Crippen LogP contribution is -2.55. The predicted octanol–water partition coefficient (Wildman–Crippen LogP) is 7.25. The second kappa shape index (κ2) is 20.4. The summed E-state index contributed by atoms with van der Waals surface area (Å²) in [5.74, 6) is 0.761. The van der Waals surface area contributed by atoms with Crippen LogP contribution in [0.3, 0.4) is 0 Å². The van der Waals surface area contributed by atoms with Gasteiger partial charge in [-0.05, 0) is 85.7 Å². The van der Waals surface area contributed by atoms with Crippen LogP contribution in [0.4, 0.5) is 0 Å². The molecule has 15 heteroatoms. The van der Waals surface area contributed by atoms with Crippen molar-refractivity contribution < 1.29 is 64.5 Å². The van der Waals surface area contributed by atoms with Gasteiger partial charge < -0.3 is 47.4 Å². The molecule has 1 aliphatic carbocycles. The minimum Gasteiger partial charge on any atom is -0.497 e. The van der Waals surface area contributed by atoms with Crippen molar-refractivity contribution in [2.75, 3.05) is 34.5 Å². The average molecular weight is 865 g/mol. The predicted molar refractivity (Wildman–Crippen MR) is 222 cm³/mol. The van der Waals surface area contributed by atoms with Crippen molar-refractivity contribution in [3.63, 3.8) is 0 Å². The molecule has 61 heavy (non-hydrogen) atoms. The zero-order valence-electron chi connectivity index (χ0n) is 35.1. The van der Waals surface area contributed by atoms with Gasteiger partial charge in [0.15, 0.2) is 12.1 Å². The van der Waals surface area contributed by atoms with E-state index >= 15 is 0 Å². The number of hydrogen-bond donors (Lipinski definition) is 1. The molecule has 2 heterocycles. The quantitative estimate of drug-likeness (QED) is 0.0941. The van der Waals surface area contributed by atoms with Crippen LogP contribution in [0.2, 0.25) is 0 Å². The Kier molecular flexibility index (Phi) is 15.0. The summed E-state index contributed by atoms with van der Waals surface area (Å²) < 4.78 is 102. The molecule has 0 bridgehead atoms. The van der Waals surface area contributed by atoms with Crippen LogP contribution >= 0.6 is 0 Å². The molecule has 3 aliphatic rings. The molecule has 9 atom stereocenters. The minimum absolute atomic E-state index is 0.102. The highest BCUT2D eigenvalue weighted by atomic mass is 32.3. The lowest BCUT2D eigenvalue weighted by Gasteiger charge is -2.44. The third-order valence-electron chi connectivity index (χ3n) is 11.4. The van der Waals surface area contributed by atoms with E-state index in [2.05, 4.69) is 0 Å². The highest BCUT2D eigenvalue weighted by molar-refractivity contribution is 7.80. The molecule has 0 amide bonds. The summed E-state index contributed by atoms with van der Waals surface area (Å²) in [6.45, 7) is 4.83. The van der Waals surface area contributed by atoms with E-state index in [-0.39, 0.29) is 38.1 Å². The summed E-state index contributed by atoms with van der Waals surface area (Å²) in [5, 5.41) is 0. The Morgan fingerprint density at radius 3 is 1.79 bits per heavy atom. The maximum Gasteiger partial charge on any atom is 0.397 e. The highest BCUT2D eigenvalue weighted by Gasteiger charge is 2.53. The van der Waals surface area contributed by atoms with Crippen molar-refractivity contribution in [1.29, 1.82) is 0 Å². The maximum absolute atomic E-state index is 12.6. The van der Waals surface area contributed by atoms with Crippen LogP contribution in [-0.4, -0.2) is 89.9 Å². The van der Waals surface area contributed by atoms with Crippen LogP contribution in [0.25, 0.3) is 0 Å². The summed E-state index contributed by atoms with van der Waals surface area (Å²) in [5.41, 5.74) is 3.58.